The minimum atomic E-state index is 0.00131. The maximum Gasteiger partial charge on any atom is 0.244 e. The zero-order valence-electron chi connectivity index (χ0n) is 13.4. The summed E-state index contributed by atoms with van der Waals surface area (Å²) in [6.07, 6.45) is 6.80. The molecule has 1 amide bonds. The van der Waals surface area contributed by atoms with Crippen LogP contribution in [-0.2, 0) is 4.79 Å². The number of nitrogens with one attached hydrogen (secondary N) is 1. The van der Waals surface area contributed by atoms with Gasteiger partial charge in [0, 0.05) is 29.7 Å². The van der Waals surface area contributed by atoms with E-state index in [1.807, 2.05) is 18.2 Å². The van der Waals surface area contributed by atoms with Crippen molar-refractivity contribution >= 4 is 27.9 Å². The Morgan fingerprint density at radius 3 is 2.77 bits per heavy atom. The average molecular weight is 365 g/mol. The van der Waals surface area contributed by atoms with Gasteiger partial charge < -0.3 is 10.2 Å². The highest BCUT2D eigenvalue weighted by Gasteiger charge is 2.19. The number of hydrogen-bond donors (Lipinski definition) is 1. The largest absolute Gasteiger partial charge is 0.350 e. The summed E-state index contributed by atoms with van der Waals surface area (Å²) in [6, 6.07) is 6.44. The van der Waals surface area contributed by atoms with Crippen molar-refractivity contribution in [1.82, 2.24) is 10.2 Å². The Kier molecular flexibility index (Phi) is 6.65. The number of benzene rings is 1. The Labute approximate surface area is 141 Å². The van der Waals surface area contributed by atoms with Gasteiger partial charge >= 0.3 is 0 Å². The third kappa shape index (κ3) is 5.25. The molecule has 1 heterocycles. The number of aryl methyl sites for hydroxylation is 1. The van der Waals surface area contributed by atoms with E-state index in [0.29, 0.717) is 6.04 Å². The van der Waals surface area contributed by atoms with Crippen molar-refractivity contribution in [2.45, 2.75) is 39.2 Å². The number of carbonyl (C=O) groups excluding carboxylic acids is 1. The highest BCUT2D eigenvalue weighted by Crippen LogP contribution is 2.19. The van der Waals surface area contributed by atoms with E-state index in [4.69, 9.17) is 0 Å². The van der Waals surface area contributed by atoms with E-state index >= 15 is 0 Å². The quantitative estimate of drug-likeness (QED) is 0.806. The second-order valence-corrected chi connectivity index (χ2v) is 6.84. The second-order valence-electron chi connectivity index (χ2n) is 5.98. The molecule has 1 saturated heterocycles. The van der Waals surface area contributed by atoms with E-state index in [1.54, 1.807) is 6.08 Å². The second kappa shape index (κ2) is 8.49. The minimum Gasteiger partial charge on any atom is -0.350 e. The van der Waals surface area contributed by atoms with E-state index < -0.39 is 0 Å². The monoisotopic (exact) mass is 364 g/mol. The molecule has 0 atom stereocenters. The van der Waals surface area contributed by atoms with Crippen LogP contribution in [0, 0.1) is 6.92 Å². The maximum atomic E-state index is 12.0. The first kappa shape index (κ1) is 17.2. The maximum absolute atomic E-state index is 12.0. The fourth-order valence-electron chi connectivity index (χ4n) is 2.80. The van der Waals surface area contributed by atoms with Crippen LogP contribution < -0.4 is 5.32 Å². The standard InChI is InChI=1S/C18H25BrN2O/c1-3-10-21-11-8-16(9-12-21)20-18(22)7-6-15-5-4-14(2)13-17(15)19/h4-7,13,16H,3,8-12H2,1-2H3,(H,20,22)/b7-6+. The molecule has 3 nitrogen and oxygen atoms in total. The van der Waals surface area contributed by atoms with Crippen molar-refractivity contribution in [1.29, 1.82) is 0 Å². The van der Waals surface area contributed by atoms with Gasteiger partial charge in [-0.25, -0.2) is 0 Å². The molecule has 1 fully saturated rings. The van der Waals surface area contributed by atoms with E-state index in [1.165, 1.54) is 18.5 Å². The van der Waals surface area contributed by atoms with E-state index in [2.05, 4.69) is 46.1 Å². The first-order chi connectivity index (χ1) is 10.6. The van der Waals surface area contributed by atoms with Crippen molar-refractivity contribution in [3.8, 4) is 0 Å². The van der Waals surface area contributed by atoms with Crippen LogP contribution in [0.1, 0.15) is 37.3 Å². The summed E-state index contributed by atoms with van der Waals surface area (Å²) < 4.78 is 1.02. The summed E-state index contributed by atoms with van der Waals surface area (Å²) in [6.45, 7) is 7.61. The first-order valence-electron chi connectivity index (χ1n) is 8.05. The summed E-state index contributed by atoms with van der Waals surface area (Å²) in [5.74, 6) is 0.00131. The van der Waals surface area contributed by atoms with Gasteiger partial charge in [0.05, 0.1) is 0 Å². The highest BCUT2D eigenvalue weighted by atomic mass is 79.9. The summed E-state index contributed by atoms with van der Waals surface area (Å²) in [7, 11) is 0. The molecule has 0 unspecified atom stereocenters. The number of rotatable bonds is 5. The molecule has 1 aliphatic rings. The minimum absolute atomic E-state index is 0.00131. The number of likely N-dealkylation sites (tertiary alicyclic amines) is 1. The van der Waals surface area contributed by atoms with Gasteiger partial charge in [-0.15, -0.1) is 0 Å². The zero-order chi connectivity index (χ0) is 15.9. The topological polar surface area (TPSA) is 32.3 Å². The van der Waals surface area contributed by atoms with Gasteiger partial charge in [-0.1, -0.05) is 35.0 Å². The summed E-state index contributed by atoms with van der Waals surface area (Å²) in [5, 5.41) is 3.11. The Hall–Kier alpha value is -1.13. The van der Waals surface area contributed by atoms with Crippen LogP contribution in [0.5, 0.6) is 0 Å². The van der Waals surface area contributed by atoms with Crippen LogP contribution in [0.2, 0.25) is 0 Å². The number of carbonyl (C=O) groups is 1. The molecule has 0 aromatic heterocycles. The van der Waals surface area contributed by atoms with Crippen LogP contribution in [0.25, 0.3) is 6.08 Å². The van der Waals surface area contributed by atoms with Crippen LogP contribution in [0.4, 0.5) is 0 Å². The molecule has 1 aromatic carbocycles. The molecule has 0 aliphatic carbocycles. The predicted molar refractivity (Wildman–Crippen MR) is 95.8 cm³/mol. The summed E-state index contributed by atoms with van der Waals surface area (Å²) in [4.78, 5) is 14.5. The fourth-order valence-corrected chi connectivity index (χ4v) is 3.42. The highest BCUT2D eigenvalue weighted by molar-refractivity contribution is 9.10. The Morgan fingerprint density at radius 2 is 2.14 bits per heavy atom. The Balaban J connectivity index is 1.82. The van der Waals surface area contributed by atoms with Gasteiger partial charge in [-0.05, 0) is 56.0 Å². The van der Waals surface area contributed by atoms with Gasteiger partial charge in [0.2, 0.25) is 5.91 Å². The van der Waals surface area contributed by atoms with Crippen LogP contribution in [-0.4, -0.2) is 36.5 Å². The molecule has 4 heteroatoms. The summed E-state index contributed by atoms with van der Waals surface area (Å²) >= 11 is 3.53. The molecule has 22 heavy (non-hydrogen) atoms. The van der Waals surface area contributed by atoms with E-state index in [9.17, 15) is 4.79 Å². The van der Waals surface area contributed by atoms with Gasteiger partial charge in [0.15, 0.2) is 0 Å². The lowest BCUT2D eigenvalue weighted by Crippen LogP contribution is -2.44. The lowest BCUT2D eigenvalue weighted by atomic mass is 10.0. The lowest BCUT2D eigenvalue weighted by Gasteiger charge is -2.31. The molecule has 1 N–H and O–H groups in total. The van der Waals surface area contributed by atoms with Crippen molar-refractivity contribution in [2.75, 3.05) is 19.6 Å². The molecule has 0 radical (unpaired) electrons. The van der Waals surface area contributed by atoms with E-state index in [-0.39, 0.29) is 5.91 Å². The van der Waals surface area contributed by atoms with Crippen LogP contribution >= 0.6 is 15.9 Å². The van der Waals surface area contributed by atoms with Gasteiger partial charge in [-0.3, -0.25) is 4.79 Å². The van der Waals surface area contributed by atoms with Crippen molar-refractivity contribution in [3.05, 3.63) is 39.9 Å². The molecular formula is C18H25BrN2O. The van der Waals surface area contributed by atoms with E-state index in [0.717, 1.165) is 36.0 Å². The fraction of sp³-hybridized carbons (Fsp3) is 0.500. The molecule has 2 rings (SSSR count). The van der Waals surface area contributed by atoms with Gasteiger partial charge in [0.25, 0.3) is 0 Å². The van der Waals surface area contributed by atoms with Gasteiger partial charge in [-0.2, -0.15) is 0 Å². The third-order valence-corrected chi connectivity index (χ3v) is 4.73. The molecule has 1 aliphatic heterocycles. The summed E-state index contributed by atoms with van der Waals surface area (Å²) in [5.41, 5.74) is 2.23. The van der Waals surface area contributed by atoms with Gasteiger partial charge in [0.1, 0.15) is 0 Å². The predicted octanol–water partition coefficient (Wildman–Crippen LogP) is 3.76. The zero-order valence-corrected chi connectivity index (χ0v) is 15.0. The Morgan fingerprint density at radius 1 is 1.41 bits per heavy atom. The van der Waals surface area contributed by atoms with Crippen molar-refractivity contribution in [2.24, 2.45) is 0 Å². The number of halogens is 1. The lowest BCUT2D eigenvalue weighted by molar-refractivity contribution is -0.117. The SMILES string of the molecule is CCCN1CCC(NC(=O)/C=C/c2ccc(C)cc2Br)CC1. The van der Waals surface area contributed by atoms with Crippen molar-refractivity contribution < 1.29 is 4.79 Å². The molecule has 0 bridgehead atoms. The third-order valence-electron chi connectivity index (χ3n) is 4.04. The first-order valence-corrected chi connectivity index (χ1v) is 8.85. The normalized spacial score (nSPS) is 17.0. The molecule has 0 spiro atoms. The average Bonchev–Trinajstić information content (AvgIpc) is 2.49. The number of amides is 1. The molecular weight excluding hydrogens is 340 g/mol. The molecule has 1 aromatic rings. The molecule has 120 valence electrons. The van der Waals surface area contributed by atoms with Crippen molar-refractivity contribution in [3.63, 3.8) is 0 Å². The number of nitrogens with zero attached hydrogens (tertiary/aromatic N) is 1. The Bertz CT molecular complexity index is 534. The van der Waals surface area contributed by atoms with Crippen LogP contribution in [0.3, 0.4) is 0 Å². The molecule has 0 saturated carbocycles. The number of piperidine rings is 1. The smallest absolute Gasteiger partial charge is 0.244 e. The number of hydrogen-bond acceptors (Lipinski definition) is 2. The van der Waals surface area contributed by atoms with Crippen LogP contribution in [0.15, 0.2) is 28.7 Å².